The quantitative estimate of drug-likeness (QED) is 0.647. The topological polar surface area (TPSA) is 86.0 Å². The first-order valence-electron chi connectivity index (χ1n) is 5.50. The van der Waals surface area contributed by atoms with Crippen LogP contribution in [0.1, 0.15) is 6.92 Å². The lowest BCUT2D eigenvalue weighted by Gasteiger charge is -2.06. The molecule has 100 valence electrons. The molecule has 2 aromatic rings. The zero-order valence-electron chi connectivity index (χ0n) is 10.1. The van der Waals surface area contributed by atoms with Gasteiger partial charge in [-0.1, -0.05) is 11.6 Å². The van der Waals surface area contributed by atoms with Crippen molar-refractivity contribution in [1.82, 2.24) is 15.0 Å². The monoisotopic (exact) mass is 297 g/mol. The molecule has 0 fully saturated rings. The van der Waals surface area contributed by atoms with E-state index in [9.17, 15) is 0 Å². The van der Waals surface area contributed by atoms with Gasteiger partial charge in [0.2, 0.25) is 11.1 Å². The Balaban J connectivity index is 2.23. The van der Waals surface area contributed by atoms with Gasteiger partial charge in [0, 0.05) is 9.92 Å². The molecule has 0 radical (unpaired) electrons. The fraction of sp³-hybridized carbons (Fsp3) is 0.182. The van der Waals surface area contributed by atoms with Crippen LogP contribution in [0.25, 0.3) is 0 Å². The summed E-state index contributed by atoms with van der Waals surface area (Å²) in [7, 11) is 0. The summed E-state index contributed by atoms with van der Waals surface area (Å²) in [5, 5.41) is 1.17. The van der Waals surface area contributed by atoms with Crippen molar-refractivity contribution in [2.45, 2.75) is 17.0 Å². The fourth-order valence-corrected chi connectivity index (χ4v) is 2.11. The zero-order chi connectivity index (χ0) is 13.7. The van der Waals surface area contributed by atoms with Crippen LogP contribution in [0.15, 0.2) is 34.3 Å². The third-order valence-electron chi connectivity index (χ3n) is 2.02. The number of benzene rings is 1. The van der Waals surface area contributed by atoms with Gasteiger partial charge < -0.3 is 4.74 Å². The van der Waals surface area contributed by atoms with E-state index in [0.717, 1.165) is 4.90 Å². The molecule has 6 nitrogen and oxygen atoms in total. The number of hydrazine groups is 1. The molecule has 0 aliphatic heterocycles. The molecule has 3 N–H and O–H groups in total. The van der Waals surface area contributed by atoms with Crippen LogP contribution in [0.5, 0.6) is 6.01 Å². The summed E-state index contributed by atoms with van der Waals surface area (Å²) >= 11 is 7.20. The lowest BCUT2D eigenvalue weighted by atomic mass is 10.4. The summed E-state index contributed by atoms with van der Waals surface area (Å²) in [6.07, 6.45) is 0. The molecule has 0 saturated carbocycles. The van der Waals surface area contributed by atoms with Gasteiger partial charge in [-0.2, -0.15) is 15.0 Å². The first kappa shape index (κ1) is 13.9. The van der Waals surface area contributed by atoms with Crippen molar-refractivity contribution in [2.75, 3.05) is 12.0 Å². The van der Waals surface area contributed by atoms with Gasteiger partial charge in [-0.15, -0.1) is 0 Å². The molecule has 0 aliphatic carbocycles. The maximum atomic E-state index is 5.83. The molecule has 1 aromatic heterocycles. The molecular weight excluding hydrogens is 286 g/mol. The van der Waals surface area contributed by atoms with Crippen molar-refractivity contribution in [3.05, 3.63) is 29.3 Å². The van der Waals surface area contributed by atoms with Crippen LogP contribution in [0, 0.1) is 0 Å². The van der Waals surface area contributed by atoms with E-state index in [0.29, 0.717) is 16.8 Å². The van der Waals surface area contributed by atoms with Crippen LogP contribution in [0.4, 0.5) is 5.95 Å². The molecule has 8 heteroatoms. The predicted molar refractivity (Wildman–Crippen MR) is 74.4 cm³/mol. The van der Waals surface area contributed by atoms with Crippen molar-refractivity contribution in [3.63, 3.8) is 0 Å². The molecule has 0 spiro atoms. The number of ether oxygens (including phenoxy) is 1. The standard InChI is InChI=1S/C11H12ClN5OS/c1-2-18-10-14-9(17-13)15-11(16-10)19-8-5-3-7(12)4-6-8/h3-6H,2,13H2,1H3,(H,14,15,16,17). The molecule has 1 heterocycles. The summed E-state index contributed by atoms with van der Waals surface area (Å²) < 4.78 is 5.25. The minimum Gasteiger partial charge on any atom is -0.464 e. The first-order chi connectivity index (χ1) is 9.21. The number of halogens is 1. The van der Waals surface area contributed by atoms with E-state index < -0.39 is 0 Å². The highest BCUT2D eigenvalue weighted by Gasteiger charge is 2.08. The Hall–Kier alpha value is -1.57. The summed E-state index contributed by atoms with van der Waals surface area (Å²) in [6.45, 7) is 2.32. The highest BCUT2D eigenvalue weighted by Crippen LogP contribution is 2.27. The normalized spacial score (nSPS) is 10.3. The fourth-order valence-electron chi connectivity index (χ4n) is 1.25. The van der Waals surface area contributed by atoms with Gasteiger partial charge in [-0.05, 0) is 43.0 Å². The number of nitrogens with one attached hydrogen (secondary N) is 1. The van der Waals surface area contributed by atoms with Crippen molar-refractivity contribution >= 4 is 29.3 Å². The smallest absolute Gasteiger partial charge is 0.322 e. The van der Waals surface area contributed by atoms with Crippen LogP contribution in [-0.2, 0) is 0 Å². The number of nitrogens with two attached hydrogens (primary N) is 1. The maximum absolute atomic E-state index is 5.83. The van der Waals surface area contributed by atoms with Crippen molar-refractivity contribution in [2.24, 2.45) is 5.84 Å². The summed E-state index contributed by atoms with van der Waals surface area (Å²) in [6, 6.07) is 7.61. The number of aromatic nitrogens is 3. The Kier molecular flexibility index (Phi) is 4.78. The van der Waals surface area contributed by atoms with E-state index in [1.54, 1.807) is 12.1 Å². The van der Waals surface area contributed by atoms with Gasteiger partial charge in [0.25, 0.3) is 0 Å². The van der Waals surface area contributed by atoms with E-state index >= 15 is 0 Å². The van der Waals surface area contributed by atoms with E-state index in [2.05, 4.69) is 20.4 Å². The van der Waals surface area contributed by atoms with E-state index in [1.807, 2.05) is 19.1 Å². The zero-order valence-corrected chi connectivity index (χ0v) is 11.7. The number of rotatable bonds is 5. The van der Waals surface area contributed by atoms with Crippen molar-refractivity contribution in [3.8, 4) is 6.01 Å². The van der Waals surface area contributed by atoms with Crippen LogP contribution in [-0.4, -0.2) is 21.6 Å². The van der Waals surface area contributed by atoms with Crippen molar-refractivity contribution in [1.29, 1.82) is 0 Å². The Morgan fingerprint density at radius 1 is 1.26 bits per heavy atom. The minimum atomic E-state index is 0.238. The van der Waals surface area contributed by atoms with E-state index in [4.69, 9.17) is 22.2 Å². The van der Waals surface area contributed by atoms with E-state index in [-0.39, 0.29) is 12.0 Å². The predicted octanol–water partition coefficient (Wildman–Crippen LogP) is 2.36. The second kappa shape index (κ2) is 6.55. The Morgan fingerprint density at radius 2 is 2.00 bits per heavy atom. The summed E-state index contributed by atoms with van der Waals surface area (Å²) in [5.41, 5.74) is 2.38. The van der Waals surface area contributed by atoms with Gasteiger partial charge >= 0.3 is 6.01 Å². The van der Waals surface area contributed by atoms with Gasteiger partial charge in [0.1, 0.15) is 0 Å². The first-order valence-corrected chi connectivity index (χ1v) is 6.69. The lowest BCUT2D eigenvalue weighted by molar-refractivity contribution is 0.308. The van der Waals surface area contributed by atoms with Crippen LogP contribution >= 0.6 is 23.4 Å². The average Bonchev–Trinajstić information content (AvgIpc) is 2.41. The Labute approximate surface area is 119 Å². The molecule has 2 rings (SSSR count). The molecular formula is C11H12ClN5OS. The number of anilines is 1. The Morgan fingerprint density at radius 3 is 2.63 bits per heavy atom. The number of hydrogen-bond acceptors (Lipinski definition) is 7. The largest absolute Gasteiger partial charge is 0.464 e. The lowest BCUT2D eigenvalue weighted by Crippen LogP contribution is -2.12. The molecule has 0 saturated heterocycles. The molecule has 0 bridgehead atoms. The average molecular weight is 298 g/mol. The third-order valence-corrected chi connectivity index (χ3v) is 3.14. The van der Waals surface area contributed by atoms with Gasteiger partial charge in [0.05, 0.1) is 6.61 Å². The SMILES string of the molecule is CCOc1nc(NN)nc(Sc2ccc(Cl)cc2)n1. The number of hydrogen-bond donors (Lipinski definition) is 2. The molecule has 0 atom stereocenters. The van der Waals surface area contributed by atoms with Crippen LogP contribution in [0.3, 0.4) is 0 Å². The van der Waals surface area contributed by atoms with E-state index in [1.165, 1.54) is 11.8 Å². The molecule has 1 aromatic carbocycles. The molecule has 0 aliphatic rings. The Bertz CT molecular complexity index is 551. The van der Waals surface area contributed by atoms with Gasteiger partial charge in [-0.3, -0.25) is 5.43 Å². The highest BCUT2D eigenvalue weighted by atomic mass is 35.5. The third kappa shape index (κ3) is 3.95. The summed E-state index contributed by atoms with van der Waals surface area (Å²) in [4.78, 5) is 13.3. The number of nitrogen functional groups attached to an aromatic ring is 1. The molecule has 0 amide bonds. The summed E-state index contributed by atoms with van der Waals surface area (Å²) in [5.74, 6) is 5.57. The molecule has 0 unspecified atom stereocenters. The van der Waals surface area contributed by atoms with Crippen molar-refractivity contribution < 1.29 is 4.74 Å². The molecule has 19 heavy (non-hydrogen) atoms. The van der Waals surface area contributed by atoms with Gasteiger partial charge in [-0.25, -0.2) is 5.84 Å². The minimum absolute atomic E-state index is 0.238. The van der Waals surface area contributed by atoms with Gasteiger partial charge in [0.15, 0.2) is 0 Å². The highest BCUT2D eigenvalue weighted by molar-refractivity contribution is 7.99. The second-order valence-corrected chi connectivity index (χ2v) is 4.83. The van der Waals surface area contributed by atoms with Crippen LogP contribution < -0.4 is 16.0 Å². The van der Waals surface area contributed by atoms with Crippen LogP contribution in [0.2, 0.25) is 5.02 Å². The maximum Gasteiger partial charge on any atom is 0.322 e. The number of nitrogens with zero attached hydrogens (tertiary/aromatic N) is 3. The second-order valence-electron chi connectivity index (χ2n) is 3.36.